The monoisotopic (exact) mass is 832 g/mol. The highest BCUT2D eigenvalue weighted by atomic mass is 15.0. The number of para-hydroxylation sites is 1. The summed E-state index contributed by atoms with van der Waals surface area (Å²) in [6.45, 7) is 2.29. The Bertz CT molecular complexity index is 2950. The molecule has 2 heteroatoms. The van der Waals surface area contributed by atoms with E-state index < -0.39 is 0 Å². The number of hydrogen-bond acceptors (Lipinski definition) is 1. The number of unbranched alkanes of at least 4 members (excludes halogenated alkanes) is 8. The molecule has 1 unspecified atom stereocenters. The van der Waals surface area contributed by atoms with Gasteiger partial charge < -0.3 is 4.57 Å². The van der Waals surface area contributed by atoms with Crippen LogP contribution in [0.25, 0.3) is 61.0 Å². The van der Waals surface area contributed by atoms with Gasteiger partial charge in [-0.15, -0.1) is 0 Å². The van der Waals surface area contributed by atoms with Crippen molar-refractivity contribution < 1.29 is 0 Å². The van der Waals surface area contributed by atoms with Gasteiger partial charge in [0, 0.05) is 34.1 Å². The van der Waals surface area contributed by atoms with Crippen molar-refractivity contribution in [3.05, 3.63) is 216 Å². The van der Waals surface area contributed by atoms with E-state index in [1.54, 1.807) is 0 Å². The van der Waals surface area contributed by atoms with Gasteiger partial charge in [-0.05, 0) is 137 Å². The predicted octanol–water partition coefficient (Wildman–Crippen LogP) is 16.9. The molecule has 2 heterocycles. The quantitative estimate of drug-likeness (QED) is 0.0788. The molecule has 1 atom stereocenters. The van der Waals surface area contributed by atoms with Crippen LogP contribution in [0.1, 0.15) is 110 Å². The Labute approximate surface area is 380 Å². The van der Waals surface area contributed by atoms with Crippen molar-refractivity contribution >= 4 is 21.8 Å². The molecule has 0 saturated heterocycles. The fraction of sp³-hybridized carbons (Fsp3) is 0.242. The molecule has 0 bridgehead atoms. The molecule has 7 aromatic carbocycles. The van der Waals surface area contributed by atoms with Crippen LogP contribution in [0.3, 0.4) is 0 Å². The normalized spacial score (nSPS) is 13.1. The van der Waals surface area contributed by atoms with Crippen molar-refractivity contribution in [1.29, 1.82) is 0 Å². The molecule has 0 radical (unpaired) electrons. The van der Waals surface area contributed by atoms with Crippen molar-refractivity contribution in [2.24, 2.45) is 0 Å². The SMILES string of the molecule is CCCCCCCCc1ccc2c(c1)-c1ccccc1C2c1ccc(-c2ccc(-n3c4ccccc4c4cc(CCCCCCc5ccc(-c6ccccn6)cc5)ccc43)cc2)cc1. The lowest BCUT2D eigenvalue weighted by Gasteiger charge is -2.16. The van der Waals surface area contributed by atoms with Crippen LogP contribution >= 0.6 is 0 Å². The van der Waals surface area contributed by atoms with Crippen molar-refractivity contribution in [3.63, 3.8) is 0 Å². The molecule has 0 spiro atoms. The molecule has 64 heavy (non-hydrogen) atoms. The Hall–Kier alpha value is -6.51. The van der Waals surface area contributed by atoms with E-state index in [4.69, 9.17) is 0 Å². The highest BCUT2D eigenvalue weighted by Crippen LogP contribution is 2.48. The van der Waals surface area contributed by atoms with Gasteiger partial charge >= 0.3 is 0 Å². The van der Waals surface area contributed by atoms with E-state index >= 15 is 0 Å². The maximum Gasteiger partial charge on any atom is 0.0701 e. The molecule has 2 nitrogen and oxygen atoms in total. The Morgan fingerprint density at radius 2 is 1.00 bits per heavy atom. The van der Waals surface area contributed by atoms with E-state index in [1.165, 1.54) is 159 Å². The molecule has 9 aromatic rings. The van der Waals surface area contributed by atoms with Crippen molar-refractivity contribution in [3.8, 4) is 39.2 Å². The van der Waals surface area contributed by atoms with Crippen molar-refractivity contribution in [2.75, 3.05) is 0 Å². The Kier molecular flexibility index (Phi) is 12.6. The number of rotatable bonds is 18. The van der Waals surface area contributed by atoms with Gasteiger partial charge in [-0.1, -0.05) is 185 Å². The minimum atomic E-state index is 0.264. The van der Waals surface area contributed by atoms with Gasteiger partial charge in [0.05, 0.1) is 16.7 Å². The number of fused-ring (bicyclic) bond motifs is 6. The van der Waals surface area contributed by atoms with Gasteiger partial charge in [0.2, 0.25) is 0 Å². The molecular weight excluding hydrogens is 773 g/mol. The zero-order chi connectivity index (χ0) is 43.1. The number of hydrogen-bond donors (Lipinski definition) is 0. The van der Waals surface area contributed by atoms with E-state index in [9.17, 15) is 0 Å². The first kappa shape index (κ1) is 41.5. The first-order chi connectivity index (χ1) is 31.7. The Balaban J connectivity index is 0.793. The molecule has 0 fully saturated rings. The molecule has 0 N–H and O–H groups in total. The smallest absolute Gasteiger partial charge is 0.0701 e. The molecule has 0 aliphatic heterocycles. The van der Waals surface area contributed by atoms with Crippen LogP contribution in [-0.2, 0) is 19.3 Å². The first-order valence-corrected chi connectivity index (χ1v) is 24.2. The standard InChI is InChI=1S/C62H60N2/c1-2-3-4-5-6-10-19-46-28-40-56-57(43-46)53-21-12-13-23-55(53)62(56)51-34-32-48(33-35-51)49-36-38-52(39-37-49)64-60-25-15-14-22-54(60)58-44-47(29-41-61(58)64)20-11-8-7-9-18-45-26-30-50(31-27-45)59-24-16-17-42-63-59/h12-17,21-44,62H,2-11,18-20H2,1H3. The largest absolute Gasteiger partial charge is 0.309 e. The zero-order valence-electron chi connectivity index (χ0n) is 37.5. The topological polar surface area (TPSA) is 17.8 Å². The third kappa shape index (κ3) is 8.84. The summed E-state index contributed by atoms with van der Waals surface area (Å²) in [7, 11) is 0. The second-order valence-electron chi connectivity index (χ2n) is 18.2. The summed E-state index contributed by atoms with van der Waals surface area (Å²) < 4.78 is 2.44. The van der Waals surface area contributed by atoms with Gasteiger partial charge in [-0.2, -0.15) is 0 Å². The number of nitrogens with zero attached hydrogens (tertiary/aromatic N) is 2. The molecular formula is C62H60N2. The number of pyridine rings is 1. The van der Waals surface area contributed by atoms with E-state index in [1.807, 2.05) is 18.3 Å². The summed E-state index contributed by atoms with van der Waals surface area (Å²) >= 11 is 0. The van der Waals surface area contributed by atoms with E-state index in [0.29, 0.717) is 0 Å². The second kappa shape index (κ2) is 19.5. The summed E-state index contributed by atoms with van der Waals surface area (Å²) in [5, 5.41) is 2.66. The average molecular weight is 833 g/mol. The van der Waals surface area contributed by atoms with E-state index in [2.05, 4.69) is 180 Å². The summed E-state index contributed by atoms with van der Waals surface area (Å²) in [5.74, 6) is 0.264. The number of benzene rings is 7. The fourth-order valence-corrected chi connectivity index (χ4v) is 10.4. The molecule has 2 aromatic heterocycles. The van der Waals surface area contributed by atoms with Crippen molar-refractivity contribution in [2.45, 2.75) is 96.3 Å². The van der Waals surface area contributed by atoms with Gasteiger partial charge in [-0.3, -0.25) is 4.98 Å². The summed E-state index contributed by atoms with van der Waals surface area (Å²) in [5.41, 5.74) is 19.8. The Morgan fingerprint density at radius 1 is 0.422 bits per heavy atom. The molecule has 0 saturated carbocycles. The highest BCUT2D eigenvalue weighted by molar-refractivity contribution is 6.09. The minimum Gasteiger partial charge on any atom is -0.309 e. The lowest BCUT2D eigenvalue weighted by molar-refractivity contribution is 0.607. The maximum atomic E-state index is 4.49. The first-order valence-electron chi connectivity index (χ1n) is 24.2. The second-order valence-corrected chi connectivity index (χ2v) is 18.2. The van der Waals surface area contributed by atoms with Gasteiger partial charge in [0.25, 0.3) is 0 Å². The summed E-state index contributed by atoms with van der Waals surface area (Å²) in [6, 6.07) is 66.0. The maximum absolute atomic E-state index is 4.49. The van der Waals surface area contributed by atoms with Crippen molar-refractivity contribution in [1.82, 2.24) is 9.55 Å². The summed E-state index contributed by atoms with van der Waals surface area (Å²) in [4.78, 5) is 4.49. The Morgan fingerprint density at radius 3 is 1.75 bits per heavy atom. The van der Waals surface area contributed by atoms with Crippen LogP contribution in [0, 0.1) is 0 Å². The van der Waals surface area contributed by atoms with Crippen LogP contribution in [-0.4, -0.2) is 9.55 Å². The average Bonchev–Trinajstić information content (AvgIpc) is 3.86. The number of aromatic nitrogens is 2. The van der Waals surface area contributed by atoms with Gasteiger partial charge in [0.1, 0.15) is 0 Å². The van der Waals surface area contributed by atoms with E-state index in [-0.39, 0.29) is 5.92 Å². The fourth-order valence-electron chi connectivity index (χ4n) is 10.4. The van der Waals surface area contributed by atoms with Gasteiger partial charge in [-0.25, -0.2) is 0 Å². The minimum absolute atomic E-state index is 0.264. The van der Waals surface area contributed by atoms with E-state index in [0.717, 1.165) is 18.5 Å². The lowest BCUT2D eigenvalue weighted by atomic mass is 9.88. The number of aryl methyl sites for hydroxylation is 3. The molecule has 10 rings (SSSR count). The van der Waals surface area contributed by atoms with Crippen LogP contribution in [0.2, 0.25) is 0 Å². The van der Waals surface area contributed by atoms with Crippen LogP contribution < -0.4 is 0 Å². The van der Waals surface area contributed by atoms with Gasteiger partial charge in [0.15, 0.2) is 0 Å². The molecule has 1 aliphatic rings. The molecule has 318 valence electrons. The molecule has 0 amide bonds. The lowest BCUT2D eigenvalue weighted by Crippen LogP contribution is -1.99. The third-order valence-electron chi connectivity index (χ3n) is 13.8. The van der Waals surface area contributed by atoms with Crippen LogP contribution in [0.15, 0.2) is 182 Å². The predicted molar refractivity (Wildman–Crippen MR) is 272 cm³/mol. The third-order valence-corrected chi connectivity index (χ3v) is 13.8. The zero-order valence-corrected chi connectivity index (χ0v) is 37.5. The molecule has 1 aliphatic carbocycles. The van der Waals surface area contributed by atoms with Crippen LogP contribution in [0.5, 0.6) is 0 Å². The summed E-state index contributed by atoms with van der Waals surface area (Å²) in [6.07, 6.45) is 18.2. The highest BCUT2D eigenvalue weighted by Gasteiger charge is 2.30. The van der Waals surface area contributed by atoms with Crippen LogP contribution in [0.4, 0.5) is 0 Å².